The maximum atomic E-state index is 4.92. The van der Waals surface area contributed by atoms with Gasteiger partial charge >= 0.3 is 0 Å². The van der Waals surface area contributed by atoms with Gasteiger partial charge in [0.2, 0.25) is 0 Å². The number of aromatic nitrogens is 2. The zero-order valence-electron chi connectivity index (χ0n) is 21.9. The van der Waals surface area contributed by atoms with Gasteiger partial charge in [0.05, 0.1) is 16.6 Å². The van der Waals surface area contributed by atoms with Gasteiger partial charge in [-0.05, 0) is 64.7 Å². The van der Waals surface area contributed by atoms with Crippen LogP contribution in [-0.4, -0.2) is 9.55 Å². The average Bonchev–Trinajstić information content (AvgIpc) is 3.58. The second-order valence-electron chi connectivity index (χ2n) is 9.64. The summed E-state index contributed by atoms with van der Waals surface area (Å²) in [7, 11) is 0. The molecule has 0 N–H and O–H groups in total. The van der Waals surface area contributed by atoms with Crippen LogP contribution in [0.1, 0.15) is 0 Å². The Morgan fingerprint density at radius 2 is 1.20 bits per heavy atom. The van der Waals surface area contributed by atoms with E-state index in [-0.39, 0.29) is 0 Å². The summed E-state index contributed by atoms with van der Waals surface area (Å²) in [5.74, 6) is 0. The van der Waals surface area contributed by atoms with Crippen LogP contribution >= 0.6 is 11.3 Å². The van der Waals surface area contributed by atoms with E-state index in [4.69, 9.17) is 4.98 Å². The van der Waals surface area contributed by atoms with E-state index in [1.54, 1.807) is 0 Å². The van der Waals surface area contributed by atoms with Crippen LogP contribution in [0.4, 0.5) is 0 Å². The summed E-state index contributed by atoms with van der Waals surface area (Å²) in [5, 5.41) is 3.83. The Labute approximate surface area is 237 Å². The second kappa shape index (κ2) is 9.96. The van der Waals surface area contributed by atoms with Crippen molar-refractivity contribution in [2.24, 2.45) is 0 Å². The number of hydrogen-bond donors (Lipinski definition) is 0. The molecule has 0 aliphatic rings. The van der Waals surface area contributed by atoms with E-state index in [1.807, 2.05) is 23.6 Å². The van der Waals surface area contributed by atoms with Crippen LogP contribution in [0.2, 0.25) is 0 Å². The largest absolute Gasteiger partial charge is 0.308 e. The predicted molar refractivity (Wildman–Crippen MR) is 174 cm³/mol. The molecule has 0 unspecified atom stereocenters. The minimum atomic E-state index is 1.05. The molecule has 40 heavy (non-hydrogen) atoms. The quantitative estimate of drug-likeness (QED) is 0.208. The molecule has 0 bridgehead atoms. The van der Waals surface area contributed by atoms with Crippen LogP contribution in [0, 0.1) is 0 Å². The van der Waals surface area contributed by atoms with E-state index in [2.05, 4.69) is 139 Å². The summed E-state index contributed by atoms with van der Waals surface area (Å²) < 4.78 is 5.00. The second-order valence-corrected chi connectivity index (χ2v) is 10.7. The Kier molecular flexibility index (Phi) is 5.99. The van der Waals surface area contributed by atoms with Gasteiger partial charge in [0.1, 0.15) is 0 Å². The molecule has 3 heteroatoms. The minimum Gasteiger partial charge on any atom is -0.308 e. The van der Waals surface area contributed by atoms with Crippen molar-refractivity contribution in [1.82, 2.24) is 9.55 Å². The van der Waals surface area contributed by atoms with Gasteiger partial charge in [0, 0.05) is 37.4 Å². The molecule has 0 atom stereocenters. The number of benzene rings is 5. The van der Waals surface area contributed by atoms with Gasteiger partial charge < -0.3 is 4.57 Å². The molecule has 190 valence electrons. The fourth-order valence-electron chi connectivity index (χ4n) is 5.71. The zero-order valence-corrected chi connectivity index (χ0v) is 22.7. The van der Waals surface area contributed by atoms with Gasteiger partial charge in [-0.2, -0.15) is 0 Å². The highest BCUT2D eigenvalue weighted by molar-refractivity contribution is 7.26. The Bertz CT molecular complexity index is 2080. The van der Waals surface area contributed by atoms with E-state index in [1.165, 1.54) is 53.3 Å². The lowest BCUT2D eigenvalue weighted by molar-refractivity contribution is 1.18. The first-order valence-corrected chi connectivity index (χ1v) is 14.1. The molecule has 2 nitrogen and oxygen atoms in total. The van der Waals surface area contributed by atoms with Crippen LogP contribution in [0.25, 0.3) is 70.0 Å². The van der Waals surface area contributed by atoms with Crippen LogP contribution < -0.4 is 0 Å². The van der Waals surface area contributed by atoms with E-state index >= 15 is 0 Å². The molecule has 0 saturated carbocycles. The highest BCUT2D eigenvalue weighted by Crippen LogP contribution is 2.43. The van der Waals surface area contributed by atoms with Crippen LogP contribution in [-0.2, 0) is 0 Å². The molecule has 0 amide bonds. The first-order valence-electron chi connectivity index (χ1n) is 13.3. The van der Waals surface area contributed by atoms with Crippen molar-refractivity contribution in [1.29, 1.82) is 0 Å². The third-order valence-electron chi connectivity index (χ3n) is 7.42. The summed E-state index contributed by atoms with van der Waals surface area (Å²) in [5.41, 5.74) is 9.30. The summed E-state index contributed by atoms with van der Waals surface area (Å²) in [6.45, 7) is 6.00. The van der Waals surface area contributed by atoms with Gasteiger partial charge in [0.25, 0.3) is 0 Å². The van der Waals surface area contributed by atoms with Gasteiger partial charge in [-0.25, -0.2) is 0 Å². The molecule has 8 aromatic rings. The molecule has 0 aliphatic heterocycles. The highest BCUT2D eigenvalue weighted by atomic mass is 32.1. The third-order valence-corrected chi connectivity index (χ3v) is 8.62. The number of rotatable bonds is 3. The topological polar surface area (TPSA) is 17.8 Å². The number of pyridine rings is 1. The Morgan fingerprint density at radius 3 is 1.90 bits per heavy atom. The lowest BCUT2D eigenvalue weighted by Gasteiger charge is -2.14. The maximum Gasteiger partial charge on any atom is 0.0977 e. The zero-order chi connectivity index (χ0) is 27.1. The minimum absolute atomic E-state index is 1.05. The van der Waals surface area contributed by atoms with E-state index < -0.39 is 0 Å². The molecule has 0 spiro atoms. The standard InChI is InChI=1S/C35H22N2S.C2H4/c1-3-10-23(11-4-1)25-20-26(24-12-5-2-6-13-24)22-27(21-25)37-30-18-17-29-28-14-7-8-16-32(28)38-35(29)33(30)34-31(37)15-9-19-36-34;1-2/h1-22H;1-2H2. The van der Waals surface area contributed by atoms with Crippen LogP contribution in [0.3, 0.4) is 0 Å². The van der Waals surface area contributed by atoms with E-state index in [0.717, 1.165) is 16.7 Å². The Hall–Kier alpha value is -4.99. The van der Waals surface area contributed by atoms with E-state index in [0.29, 0.717) is 0 Å². The first kappa shape index (κ1) is 24.1. The van der Waals surface area contributed by atoms with E-state index in [9.17, 15) is 0 Å². The predicted octanol–water partition coefficient (Wildman–Crippen LogP) is 10.7. The third kappa shape index (κ3) is 3.83. The molecule has 8 rings (SSSR count). The molecule has 0 radical (unpaired) electrons. The summed E-state index contributed by atoms with van der Waals surface area (Å²) >= 11 is 1.86. The van der Waals surface area contributed by atoms with Crippen molar-refractivity contribution in [3.05, 3.63) is 147 Å². The van der Waals surface area contributed by atoms with Crippen LogP contribution in [0.5, 0.6) is 0 Å². The van der Waals surface area contributed by atoms with Gasteiger partial charge in [-0.3, -0.25) is 4.98 Å². The normalized spacial score (nSPS) is 11.2. The average molecular weight is 531 g/mol. The monoisotopic (exact) mass is 530 g/mol. The molecule has 0 fully saturated rings. The van der Waals surface area contributed by atoms with Gasteiger partial charge in [-0.1, -0.05) is 84.9 Å². The SMILES string of the molecule is C=C.c1ccc(-c2cc(-c3ccccc3)cc(-n3c4cccnc4c4c5sc6ccccc6c5ccc43)c2)cc1. The Balaban J connectivity index is 0.00000130. The number of hydrogen-bond acceptors (Lipinski definition) is 2. The fourth-order valence-corrected chi connectivity index (χ4v) is 6.95. The Morgan fingerprint density at radius 1 is 0.550 bits per heavy atom. The first-order chi connectivity index (χ1) is 19.8. The van der Waals surface area contributed by atoms with Crippen molar-refractivity contribution >= 4 is 53.4 Å². The molecule has 0 saturated heterocycles. The lowest BCUT2D eigenvalue weighted by atomic mass is 9.98. The summed E-state index contributed by atoms with van der Waals surface area (Å²) in [6, 6.07) is 45.7. The number of thiophene rings is 1. The van der Waals surface area contributed by atoms with Crippen molar-refractivity contribution in [3.8, 4) is 27.9 Å². The molecular formula is C37H26N2S. The molecule has 3 heterocycles. The summed E-state index contributed by atoms with van der Waals surface area (Å²) in [6.07, 6.45) is 1.91. The lowest BCUT2D eigenvalue weighted by Crippen LogP contribution is -1.96. The summed E-state index contributed by atoms with van der Waals surface area (Å²) in [4.78, 5) is 4.92. The molecule has 0 aliphatic carbocycles. The molecule has 5 aromatic carbocycles. The van der Waals surface area contributed by atoms with Gasteiger partial charge in [0.15, 0.2) is 0 Å². The van der Waals surface area contributed by atoms with Crippen molar-refractivity contribution in [2.45, 2.75) is 0 Å². The molecular weight excluding hydrogens is 504 g/mol. The smallest absolute Gasteiger partial charge is 0.0977 e. The molecule has 3 aromatic heterocycles. The van der Waals surface area contributed by atoms with Gasteiger partial charge in [-0.15, -0.1) is 24.5 Å². The van der Waals surface area contributed by atoms with Crippen molar-refractivity contribution in [2.75, 3.05) is 0 Å². The number of fused-ring (bicyclic) bond motifs is 7. The maximum absolute atomic E-state index is 4.92. The number of nitrogens with zero attached hydrogens (tertiary/aromatic N) is 2. The van der Waals surface area contributed by atoms with Crippen molar-refractivity contribution < 1.29 is 0 Å². The fraction of sp³-hybridized carbons (Fsp3) is 0. The van der Waals surface area contributed by atoms with Crippen LogP contribution in [0.15, 0.2) is 147 Å². The van der Waals surface area contributed by atoms with Crippen molar-refractivity contribution in [3.63, 3.8) is 0 Å². The highest BCUT2D eigenvalue weighted by Gasteiger charge is 2.19.